The molecule has 4 rings (SSSR count). The van der Waals surface area contributed by atoms with Crippen molar-refractivity contribution in [1.29, 1.82) is 0 Å². The third-order valence-electron chi connectivity index (χ3n) is 6.19. The topological polar surface area (TPSA) is 54.5 Å². The van der Waals surface area contributed by atoms with Crippen LogP contribution in [-0.4, -0.2) is 49.1 Å². The monoisotopic (exact) mass is 443 g/mol. The van der Waals surface area contributed by atoms with Crippen molar-refractivity contribution in [2.45, 2.75) is 42.2 Å². The Morgan fingerprint density at radius 2 is 1.67 bits per heavy atom. The molecule has 0 saturated carbocycles. The number of hydrogen-bond donors (Lipinski definition) is 0. The highest BCUT2D eigenvalue weighted by Crippen LogP contribution is 2.34. The van der Waals surface area contributed by atoms with Crippen LogP contribution in [0.15, 0.2) is 59.5 Å². The van der Waals surface area contributed by atoms with Gasteiger partial charge in [0.15, 0.2) is 9.84 Å². The molecule has 160 valence electrons. The molecule has 1 atom stereocenters. The normalized spacial score (nSPS) is 21.6. The lowest BCUT2D eigenvalue weighted by Crippen LogP contribution is -2.38. The van der Waals surface area contributed by atoms with E-state index in [1.165, 1.54) is 12.0 Å². The molecule has 6 heteroatoms. The Kier molecular flexibility index (Phi) is 6.84. The van der Waals surface area contributed by atoms with Crippen LogP contribution in [-0.2, 0) is 16.3 Å². The van der Waals surface area contributed by atoms with Gasteiger partial charge in [0.25, 0.3) is 5.91 Å². The maximum atomic E-state index is 13.2. The van der Waals surface area contributed by atoms with Crippen molar-refractivity contribution in [1.82, 2.24) is 4.90 Å². The zero-order valence-electron chi connectivity index (χ0n) is 17.2. The molecule has 0 unspecified atom stereocenters. The number of likely N-dealkylation sites (tertiary alicyclic amines) is 1. The van der Waals surface area contributed by atoms with Crippen LogP contribution >= 0.6 is 11.8 Å². The quantitative estimate of drug-likeness (QED) is 0.662. The van der Waals surface area contributed by atoms with Gasteiger partial charge in [-0.05, 0) is 55.7 Å². The molecule has 2 aromatic carbocycles. The van der Waals surface area contributed by atoms with Crippen molar-refractivity contribution in [3.8, 4) is 0 Å². The Morgan fingerprint density at radius 1 is 0.967 bits per heavy atom. The highest BCUT2D eigenvalue weighted by Gasteiger charge is 2.30. The number of nitrogens with zero attached hydrogens (tertiary/aromatic N) is 1. The molecule has 2 aliphatic rings. The van der Waals surface area contributed by atoms with Crippen LogP contribution in [0.2, 0.25) is 0 Å². The fraction of sp³-hybridized carbons (Fsp3) is 0.458. The average molecular weight is 444 g/mol. The maximum absolute atomic E-state index is 13.2. The summed E-state index contributed by atoms with van der Waals surface area (Å²) in [6.07, 6.45) is 5.05. The van der Waals surface area contributed by atoms with Crippen molar-refractivity contribution in [3.63, 3.8) is 0 Å². The molecule has 0 aromatic heterocycles. The van der Waals surface area contributed by atoms with E-state index in [0.717, 1.165) is 42.8 Å². The summed E-state index contributed by atoms with van der Waals surface area (Å²) in [5.74, 6) is 1.23. The van der Waals surface area contributed by atoms with Crippen LogP contribution in [0.5, 0.6) is 0 Å². The number of sulfone groups is 1. The molecule has 0 radical (unpaired) electrons. The van der Waals surface area contributed by atoms with Gasteiger partial charge >= 0.3 is 0 Å². The molecular weight excluding hydrogens is 414 g/mol. The number of hydrogen-bond acceptors (Lipinski definition) is 4. The second-order valence-electron chi connectivity index (χ2n) is 8.40. The molecule has 0 bridgehead atoms. The fourth-order valence-corrected chi connectivity index (χ4v) is 8.01. The Hall–Kier alpha value is -1.79. The van der Waals surface area contributed by atoms with Crippen molar-refractivity contribution < 1.29 is 13.2 Å². The van der Waals surface area contributed by atoms with Crippen molar-refractivity contribution in [2.75, 3.05) is 24.6 Å². The number of benzene rings is 2. The first-order chi connectivity index (χ1) is 14.5. The van der Waals surface area contributed by atoms with Gasteiger partial charge in [-0.3, -0.25) is 4.79 Å². The zero-order chi connectivity index (χ0) is 21.0. The fourth-order valence-electron chi connectivity index (χ4n) is 4.39. The van der Waals surface area contributed by atoms with E-state index in [0.29, 0.717) is 12.3 Å². The second kappa shape index (κ2) is 9.56. The largest absolute Gasteiger partial charge is 0.339 e. The number of carbonyl (C=O) groups excluding carboxylic acids is 1. The van der Waals surface area contributed by atoms with Gasteiger partial charge in [0, 0.05) is 23.2 Å². The van der Waals surface area contributed by atoms with Gasteiger partial charge in [-0.25, -0.2) is 8.42 Å². The Labute approximate surface area is 184 Å². The minimum atomic E-state index is -2.92. The molecule has 30 heavy (non-hydrogen) atoms. The van der Waals surface area contributed by atoms with E-state index in [1.54, 1.807) is 11.8 Å². The highest BCUT2D eigenvalue weighted by molar-refractivity contribution is 8.02. The highest BCUT2D eigenvalue weighted by atomic mass is 32.2. The summed E-state index contributed by atoms with van der Waals surface area (Å²) in [6, 6.07) is 18.3. The maximum Gasteiger partial charge on any atom is 0.254 e. The number of piperidine rings is 1. The number of amides is 1. The smallest absolute Gasteiger partial charge is 0.254 e. The summed E-state index contributed by atoms with van der Waals surface area (Å²) < 4.78 is 23.6. The summed E-state index contributed by atoms with van der Waals surface area (Å²) in [7, 11) is -2.92. The van der Waals surface area contributed by atoms with Crippen molar-refractivity contribution in [3.05, 3.63) is 65.7 Å². The van der Waals surface area contributed by atoms with E-state index in [2.05, 4.69) is 30.3 Å². The molecule has 0 aliphatic carbocycles. The average Bonchev–Trinajstić information content (AvgIpc) is 3.11. The molecule has 0 N–H and O–H groups in total. The van der Waals surface area contributed by atoms with Crippen LogP contribution < -0.4 is 0 Å². The summed E-state index contributed by atoms with van der Waals surface area (Å²) in [5, 5.41) is 0.0488. The Morgan fingerprint density at radius 3 is 2.37 bits per heavy atom. The molecule has 0 spiro atoms. The lowest BCUT2D eigenvalue weighted by atomic mass is 9.90. The Balaban J connectivity index is 1.33. The standard InChI is InChI=1S/C24H29NO3S2/c26-24(22-8-4-5-9-23(22)29-21-14-17-30(27,28)18-21)25-15-12-20(13-16-25)11-10-19-6-2-1-3-7-19/h1-9,20-21H,10-18H2/t21-/m1/s1. The second-order valence-corrected chi connectivity index (χ2v) is 12.0. The number of thioether (sulfide) groups is 1. The minimum Gasteiger partial charge on any atom is -0.339 e. The third-order valence-corrected chi connectivity index (χ3v) is 9.51. The van der Waals surface area contributed by atoms with E-state index in [9.17, 15) is 13.2 Å². The zero-order valence-corrected chi connectivity index (χ0v) is 18.8. The van der Waals surface area contributed by atoms with Crippen molar-refractivity contribution >= 4 is 27.5 Å². The van der Waals surface area contributed by atoms with Gasteiger partial charge in [0.05, 0.1) is 17.1 Å². The first-order valence-electron chi connectivity index (χ1n) is 10.8. The van der Waals surface area contributed by atoms with Gasteiger partial charge in [0.1, 0.15) is 0 Å². The molecule has 2 aromatic rings. The van der Waals surface area contributed by atoms with Crippen LogP contribution in [0, 0.1) is 5.92 Å². The lowest BCUT2D eigenvalue weighted by molar-refractivity contribution is 0.0683. The van der Waals surface area contributed by atoms with Gasteiger partial charge < -0.3 is 4.90 Å². The molecule has 2 aliphatic heterocycles. The van der Waals surface area contributed by atoms with E-state index >= 15 is 0 Å². The third kappa shape index (κ3) is 5.46. The van der Waals surface area contributed by atoms with Gasteiger partial charge in [-0.2, -0.15) is 0 Å². The molecular formula is C24H29NO3S2. The summed E-state index contributed by atoms with van der Waals surface area (Å²) in [4.78, 5) is 16.1. The van der Waals surface area contributed by atoms with E-state index in [1.807, 2.05) is 29.2 Å². The minimum absolute atomic E-state index is 0.0488. The first-order valence-corrected chi connectivity index (χ1v) is 13.5. The molecule has 2 fully saturated rings. The number of rotatable bonds is 6. The lowest BCUT2D eigenvalue weighted by Gasteiger charge is -2.32. The van der Waals surface area contributed by atoms with Crippen LogP contribution in [0.4, 0.5) is 0 Å². The number of aryl methyl sites for hydroxylation is 1. The van der Waals surface area contributed by atoms with E-state index in [-0.39, 0.29) is 22.7 Å². The predicted octanol–water partition coefficient (Wildman–Crippen LogP) is 4.45. The molecule has 2 heterocycles. The SMILES string of the molecule is O=C(c1ccccc1S[C@@H]1CCS(=O)(=O)C1)N1CCC(CCc2ccccc2)CC1. The van der Waals surface area contributed by atoms with Gasteiger partial charge in [-0.1, -0.05) is 42.5 Å². The predicted molar refractivity (Wildman–Crippen MR) is 123 cm³/mol. The van der Waals surface area contributed by atoms with E-state index < -0.39 is 9.84 Å². The van der Waals surface area contributed by atoms with Gasteiger partial charge in [0.2, 0.25) is 0 Å². The van der Waals surface area contributed by atoms with Crippen LogP contribution in [0.25, 0.3) is 0 Å². The summed E-state index contributed by atoms with van der Waals surface area (Å²) in [6.45, 7) is 1.60. The molecule has 1 amide bonds. The van der Waals surface area contributed by atoms with Crippen LogP contribution in [0.3, 0.4) is 0 Å². The van der Waals surface area contributed by atoms with Crippen molar-refractivity contribution in [2.24, 2.45) is 5.92 Å². The Bertz CT molecular complexity index is 967. The molecule has 2 saturated heterocycles. The summed E-state index contributed by atoms with van der Waals surface area (Å²) >= 11 is 1.55. The van der Waals surface area contributed by atoms with Gasteiger partial charge in [-0.15, -0.1) is 11.8 Å². The number of carbonyl (C=O) groups is 1. The first kappa shape index (κ1) is 21.4. The van der Waals surface area contributed by atoms with Crippen LogP contribution in [0.1, 0.15) is 41.6 Å². The molecule has 4 nitrogen and oxygen atoms in total. The van der Waals surface area contributed by atoms with E-state index in [4.69, 9.17) is 0 Å². The summed E-state index contributed by atoms with van der Waals surface area (Å²) in [5.41, 5.74) is 2.10.